The minimum absolute atomic E-state index is 0.742. The van der Waals surface area contributed by atoms with Gasteiger partial charge in [0.1, 0.15) is 5.82 Å². The molecule has 0 saturated heterocycles. The second-order valence-corrected chi connectivity index (χ2v) is 15.0. The second-order valence-electron chi connectivity index (χ2n) is 15.0. The Kier molecular flexibility index (Phi) is 8.29. The summed E-state index contributed by atoms with van der Waals surface area (Å²) in [5.41, 5.74) is 17.4. The van der Waals surface area contributed by atoms with Crippen LogP contribution in [0.5, 0.6) is 0 Å². The van der Waals surface area contributed by atoms with Gasteiger partial charge in [0.15, 0.2) is 0 Å². The second kappa shape index (κ2) is 14.2. The third-order valence-electron chi connectivity index (χ3n) is 11.5. The number of aromatic nitrogens is 4. The molecular weight excluding hydrogens is 707 g/mol. The molecule has 5 heterocycles. The van der Waals surface area contributed by atoms with Gasteiger partial charge in [0.2, 0.25) is 0 Å². The van der Waals surface area contributed by atoms with Crippen molar-refractivity contribution >= 4 is 44.7 Å². The summed E-state index contributed by atoms with van der Waals surface area (Å²) in [6.07, 6.45) is 9.87. The van der Waals surface area contributed by atoms with Crippen LogP contribution in [0.15, 0.2) is 188 Å². The van der Waals surface area contributed by atoms with Crippen molar-refractivity contribution in [1.29, 1.82) is 0 Å². The van der Waals surface area contributed by atoms with Gasteiger partial charge in [0.05, 0.1) is 34.0 Å². The number of para-hydroxylation sites is 1. The number of fused-ring (bicyclic) bond motifs is 6. The Morgan fingerprint density at radius 3 is 1.93 bits per heavy atom. The summed E-state index contributed by atoms with van der Waals surface area (Å²) in [7, 11) is 0. The number of nitrogens with one attached hydrogen (secondary N) is 1. The molecule has 0 fully saturated rings. The molecule has 5 nitrogen and oxygen atoms in total. The molecule has 0 amide bonds. The van der Waals surface area contributed by atoms with Gasteiger partial charge in [-0.15, -0.1) is 0 Å². The van der Waals surface area contributed by atoms with Gasteiger partial charge in [-0.3, -0.25) is 14.5 Å². The van der Waals surface area contributed by atoms with Crippen LogP contribution in [-0.2, 0) is 12.8 Å². The third-order valence-corrected chi connectivity index (χ3v) is 11.5. The van der Waals surface area contributed by atoms with E-state index in [0.29, 0.717) is 0 Å². The zero-order chi connectivity index (χ0) is 38.4. The molecule has 1 N–H and O–H groups in total. The molecule has 1 aliphatic rings. The molecule has 0 bridgehead atoms. The Morgan fingerprint density at radius 2 is 1.17 bits per heavy atom. The molecule has 4 aromatic heterocycles. The molecule has 0 spiro atoms. The number of benzene rings is 6. The van der Waals surface area contributed by atoms with Crippen molar-refractivity contribution in [3.63, 3.8) is 0 Å². The quantitative estimate of drug-likeness (QED) is 0.168. The maximum atomic E-state index is 5.31. The predicted molar refractivity (Wildman–Crippen MR) is 240 cm³/mol. The van der Waals surface area contributed by atoms with Crippen LogP contribution in [-0.4, -0.2) is 25.6 Å². The van der Waals surface area contributed by atoms with E-state index in [1.807, 2.05) is 12.3 Å². The number of rotatable bonds is 8. The number of hydrogen-bond donors (Lipinski definition) is 1. The van der Waals surface area contributed by atoms with Crippen molar-refractivity contribution in [3.8, 4) is 33.6 Å². The molecule has 0 radical (unpaired) electrons. The van der Waals surface area contributed by atoms with Crippen LogP contribution in [0.4, 0.5) is 5.82 Å². The lowest BCUT2D eigenvalue weighted by Crippen LogP contribution is -2.08. The summed E-state index contributed by atoms with van der Waals surface area (Å²) in [4.78, 5) is 10.0. The van der Waals surface area contributed by atoms with Gasteiger partial charge >= 0.3 is 0 Å². The van der Waals surface area contributed by atoms with Crippen molar-refractivity contribution in [2.45, 2.75) is 12.8 Å². The number of hydrogen-bond acceptors (Lipinski definition) is 3. The highest BCUT2D eigenvalue weighted by atomic mass is 15.1. The Labute approximate surface area is 337 Å². The van der Waals surface area contributed by atoms with Crippen LogP contribution in [0, 0.1) is 0 Å². The minimum atomic E-state index is 0.742. The van der Waals surface area contributed by atoms with Crippen LogP contribution < -0.4 is 5.32 Å². The zero-order valence-corrected chi connectivity index (χ0v) is 31.9. The standard InChI is InChI=1S/C53H39N5/c1-3-13-36(14-4-1)33-40-17-7-8-18-43(40)50-46(34-37-15-5-2-6-16-37)56-35-49-51(50)44-19-9-10-21-47(44)57(49)41-27-23-38(24-28-41)39-25-29-42(30-26-39)58-48-22-12-31-54-52(48)45-20-11-32-55-53(45)58/h1-31,35,55H,32-34H2. The van der Waals surface area contributed by atoms with Crippen molar-refractivity contribution in [2.24, 2.45) is 0 Å². The summed E-state index contributed by atoms with van der Waals surface area (Å²) < 4.78 is 4.67. The van der Waals surface area contributed by atoms with E-state index in [4.69, 9.17) is 9.97 Å². The fraction of sp³-hybridized carbons (Fsp3) is 0.0566. The number of pyridine rings is 2. The van der Waals surface area contributed by atoms with Gasteiger partial charge < -0.3 is 9.88 Å². The average molecular weight is 746 g/mol. The van der Waals surface area contributed by atoms with Crippen molar-refractivity contribution in [2.75, 3.05) is 11.9 Å². The van der Waals surface area contributed by atoms with E-state index < -0.39 is 0 Å². The first-order valence-electron chi connectivity index (χ1n) is 20.0. The summed E-state index contributed by atoms with van der Waals surface area (Å²) in [6, 6.07) is 61.1. The molecule has 6 aromatic carbocycles. The first-order chi connectivity index (χ1) is 28.8. The Bertz CT molecular complexity index is 3140. The molecule has 0 unspecified atom stereocenters. The van der Waals surface area contributed by atoms with Crippen molar-refractivity contribution < 1.29 is 0 Å². The average Bonchev–Trinajstić information content (AvgIpc) is 3.81. The summed E-state index contributed by atoms with van der Waals surface area (Å²) in [6.45, 7) is 0.799. The van der Waals surface area contributed by atoms with E-state index in [2.05, 4.69) is 197 Å². The van der Waals surface area contributed by atoms with Crippen LogP contribution in [0.2, 0.25) is 0 Å². The van der Waals surface area contributed by atoms with E-state index in [-0.39, 0.29) is 0 Å². The van der Waals surface area contributed by atoms with Crippen LogP contribution >= 0.6 is 0 Å². The van der Waals surface area contributed by atoms with Gasteiger partial charge in [-0.25, -0.2) is 0 Å². The molecule has 11 rings (SSSR count). The Balaban J connectivity index is 1.02. The molecule has 0 atom stereocenters. The fourth-order valence-electron chi connectivity index (χ4n) is 8.89. The zero-order valence-electron chi connectivity index (χ0n) is 31.9. The molecule has 58 heavy (non-hydrogen) atoms. The summed E-state index contributed by atoms with van der Waals surface area (Å²) in [5, 5.41) is 6.03. The number of nitrogens with zero attached hydrogens (tertiary/aromatic N) is 4. The topological polar surface area (TPSA) is 47.7 Å². The maximum absolute atomic E-state index is 5.31. The fourth-order valence-corrected chi connectivity index (χ4v) is 8.89. The predicted octanol–water partition coefficient (Wildman–Crippen LogP) is 12.5. The first kappa shape index (κ1) is 33.8. The van der Waals surface area contributed by atoms with Gasteiger partial charge in [-0.05, 0) is 82.3 Å². The lowest BCUT2D eigenvalue weighted by atomic mass is 9.90. The molecular formula is C53H39N5. The Morgan fingerprint density at radius 1 is 0.534 bits per heavy atom. The van der Waals surface area contributed by atoms with Crippen molar-refractivity contribution in [3.05, 3.63) is 216 Å². The van der Waals surface area contributed by atoms with Crippen LogP contribution in [0.3, 0.4) is 0 Å². The molecule has 1 aliphatic heterocycles. The first-order valence-corrected chi connectivity index (χ1v) is 20.0. The van der Waals surface area contributed by atoms with E-state index in [1.54, 1.807) is 0 Å². The maximum Gasteiger partial charge on any atom is 0.120 e. The van der Waals surface area contributed by atoms with E-state index in [1.165, 1.54) is 44.2 Å². The van der Waals surface area contributed by atoms with E-state index in [0.717, 1.165) is 75.5 Å². The molecule has 5 heteroatoms. The smallest absolute Gasteiger partial charge is 0.120 e. The molecule has 0 aliphatic carbocycles. The molecule has 10 aromatic rings. The highest BCUT2D eigenvalue weighted by Gasteiger charge is 2.23. The lowest BCUT2D eigenvalue weighted by Gasteiger charge is -2.16. The van der Waals surface area contributed by atoms with E-state index in [9.17, 15) is 0 Å². The normalized spacial score (nSPS) is 12.3. The Hall–Kier alpha value is -7.50. The highest BCUT2D eigenvalue weighted by molar-refractivity contribution is 6.16. The van der Waals surface area contributed by atoms with Crippen molar-refractivity contribution in [1.82, 2.24) is 19.1 Å². The van der Waals surface area contributed by atoms with E-state index >= 15 is 0 Å². The van der Waals surface area contributed by atoms with Gasteiger partial charge in [0.25, 0.3) is 0 Å². The monoisotopic (exact) mass is 745 g/mol. The van der Waals surface area contributed by atoms with Gasteiger partial charge in [-0.1, -0.05) is 140 Å². The van der Waals surface area contributed by atoms with Crippen LogP contribution in [0.1, 0.15) is 27.9 Å². The summed E-state index contributed by atoms with van der Waals surface area (Å²) >= 11 is 0. The third kappa shape index (κ3) is 5.79. The number of anilines is 1. The van der Waals surface area contributed by atoms with Gasteiger partial charge in [0, 0.05) is 52.4 Å². The van der Waals surface area contributed by atoms with Crippen LogP contribution in [0.25, 0.3) is 72.5 Å². The lowest BCUT2D eigenvalue weighted by molar-refractivity contribution is 1.07. The summed E-state index contributed by atoms with van der Waals surface area (Å²) in [5.74, 6) is 1.09. The minimum Gasteiger partial charge on any atom is -0.367 e. The molecule has 0 saturated carbocycles. The SMILES string of the molecule is C1=Cc2c(n(-c3ccc(-c4ccc(-n5c6ccccc6c6c(-c7ccccc7Cc7ccccc7)c(Cc7ccccc7)ncc65)cc4)cc3)c3cccnc23)NC1. The largest absolute Gasteiger partial charge is 0.367 e. The van der Waals surface area contributed by atoms with Gasteiger partial charge in [-0.2, -0.15) is 0 Å². The molecule has 276 valence electrons. The highest BCUT2D eigenvalue weighted by Crippen LogP contribution is 2.42.